The van der Waals surface area contributed by atoms with Gasteiger partial charge in [0.05, 0.1) is 5.69 Å². The molecule has 8 nitrogen and oxygen atoms in total. The Morgan fingerprint density at radius 3 is 2.46 bits per heavy atom. The highest BCUT2D eigenvalue weighted by molar-refractivity contribution is 5.99. The smallest absolute Gasteiger partial charge is 0.436 e. The van der Waals surface area contributed by atoms with Crippen LogP contribution in [0.4, 0.5) is 19.0 Å². The number of piperidine rings is 1. The zero-order chi connectivity index (χ0) is 24.7. The lowest BCUT2D eigenvalue weighted by atomic mass is 10.0. The second-order valence-corrected chi connectivity index (χ2v) is 8.90. The van der Waals surface area contributed by atoms with Gasteiger partial charge >= 0.3 is 6.18 Å². The number of fused-ring (bicyclic) bond motifs is 1. The van der Waals surface area contributed by atoms with Gasteiger partial charge in [0.2, 0.25) is 5.76 Å². The average Bonchev–Trinajstić information content (AvgIpc) is 3.43. The third kappa shape index (κ3) is 4.47. The number of aromatic nitrogens is 5. The predicted molar refractivity (Wildman–Crippen MR) is 125 cm³/mol. The van der Waals surface area contributed by atoms with Gasteiger partial charge in [-0.25, -0.2) is 4.98 Å². The summed E-state index contributed by atoms with van der Waals surface area (Å²) in [5.41, 5.74) is 1.60. The lowest BCUT2D eigenvalue weighted by Gasteiger charge is -2.37. The van der Waals surface area contributed by atoms with Crippen molar-refractivity contribution >= 4 is 16.6 Å². The number of nitrogens with zero attached hydrogens (tertiary/aromatic N) is 7. The first-order chi connectivity index (χ1) is 16.7. The predicted octanol–water partition coefficient (Wildman–Crippen LogP) is 4.45. The third-order valence-corrected chi connectivity index (χ3v) is 6.58. The second-order valence-electron chi connectivity index (χ2n) is 8.90. The van der Waals surface area contributed by atoms with Crippen LogP contribution in [0.2, 0.25) is 0 Å². The van der Waals surface area contributed by atoms with Gasteiger partial charge in [0.25, 0.3) is 0 Å². The quantitative estimate of drug-likeness (QED) is 0.414. The van der Waals surface area contributed by atoms with Crippen LogP contribution in [-0.4, -0.2) is 56.0 Å². The molecule has 0 bridgehead atoms. The van der Waals surface area contributed by atoms with E-state index in [-0.39, 0.29) is 24.2 Å². The number of alkyl halides is 3. The molecular weight excluding hydrogens is 459 g/mol. The van der Waals surface area contributed by atoms with Gasteiger partial charge in [-0.05, 0) is 26.0 Å². The molecule has 184 valence electrons. The van der Waals surface area contributed by atoms with E-state index in [0.717, 1.165) is 53.9 Å². The molecule has 0 spiro atoms. The molecule has 1 aromatic carbocycles. The third-order valence-electron chi connectivity index (χ3n) is 6.58. The van der Waals surface area contributed by atoms with Crippen LogP contribution in [0, 0.1) is 6.92 Å². The summed E-state index contributed by atoms with van der Waals surface area (Å²) in [4.78, 5) is 8.11. The summed E-state index contributed by atoms with van der Waals surface area (Å²) < 4.78 is 46.5. The van der Waals surface area contributed by atoms with Gasteiger partial charge in [-0.2, -0.15) is 18.3 Å². The summed E-state index contributed by atoms with van der Waals surface area (Å²) in [6.07, 6.45) is -1.25. The Bertz CT molecular complexity index is 1340. The minimum absolute atomic E-state index is 0.0237. The lowest BCUT2D eigenvalue weighted by Crippen LogP contribution is -2.43. The Morgan fingerprint density at radius 1 is 1.09 bits per heavy atom. The minimum Gasteiger partial charge on any atom is -0.436 e. The Kier molecular flexibility index (Phi) is 5.96. The lowest BCUT2D eigenvalue weighted by molar-refractivity contribution is -0.154. The second kappa shape index (κ2) is 8.95. The molecule has 0 saturated carbocycles. The fourth-order valence-corrected chi connectivity index (χ4v) is 4.80. The summed E-state index contributed by atoms with van der Waals surface area (Å²) in [7, 11) is 3.71. The summed E-state index contributed by atoms with van der Waals surface area (Å²) in [6.45, 7) is 2.96. The van der Waals surface area contributed by atoms with Gasteiger partial charge in [-0.1, -0.05) is 24.3 Å². The molecule has 0 radical (unpaired) electrons. The first-order valence-electron chi connectivity index (χ1n) is 11.4. The highest BCUT2D eigenvalue weighted by atomic mass is 19.4. The van der Waals surface area contributed by atoms with Crippen molar-refractivity contribution in [3.8, 4) is 11.4 Å². The Hall–Kier alpha value is -3.47. The van der Waals surface area contributed by atoms with Gasteiger partial charge in [0, 0.05) is 56.6 Å². The molecule has 0 atom stereocenters. The van der Waals surface area contributed by atoms with Crippen LogP contribution in [0.25, 0.3) is 22.2 Å². The Labute approximate surface area is 200 Å². The number of hydrogen-bond acceptors (Lipinski definition) is 7. The van der Waals surface area contributed by atoms with E-state index in [2.05, 4.69) is 25.2 Å². The van der Waals surface area contributed by atoms with Crippen molar-refractivity contribution in [1.29, 1.82) is 0 Å². The van der Waals surface area contributed by atoms with Crippen molar-refractivity contribution in [2.45, 2.75) is 38.5 Å². The maximum Gasteiger partial charge on any atom is 0.451 e. The minimum atomic E-state index is -4.55. The molecule has 0 unspecified atom stereocenters. The largest absolute Gasteiger partial charge is 0.451 e. The first-order valence-corrected chi connectivity index (χ1v) is 11.4. The first kappa shape index (κ1) is 23.3. The van der Waals surface area contributed by atoms with Gasteiger partial charge in [0.15, 0.2) is 11.7 Å². The van der Waals surface area contributed by atoms with E-state index >= 15 is 0 Å². The molecule has 11 heteroatoms. The number of halogens is 3. The molecule has 1 aliphatic heterocycles. The van der Waals surface area contributed by atoms with E-state index in [0.29, 0.717) is 0 Å². The molecule has 1 saturated heterocycles. The fraction of sp³-hybridized carbons (Fsp3) is 0.417. The van der Waals surface area contributed by atoms with Gasteiger partial charge < -0.3 is 9.32 Å². The number of hydrogen-bond donors (Lipinski definition) is 0. The SMILES string of the molecule is Cc1nc(CN(C)C2CCN(c3nnc(-c4ccnn4C)c4ccccc34)CC2)c(C(F)(F)F)o1. The van der Waals surface area contributed by atoms with E-state index in [9.17, 15) is 13.2 Å². The fourth-order valence-electron chi connectivity index (χ4n) is 4.80. The van der Waals surface area contributed by atoms with Crippen LogP contribution < -0.4 is 4.90 Å². The summed E-state index contributed by atoms with van der Waals surface area (Å²) in [6, 6.07) is 10.1. The Morgan fingerprint density at radius 2 is 1.80 bits per heavy atom. The zero-order valence-corrected chi connectivity index (χ0v) is 19.7. The van der Waals surface area contributed by atoms with E-state index < -0.39 is 11.9 Å². The highest BCUT2D eigenvalue weighted by Gasteiger charge is 2.39. The number of rotatable bonds is 5. The molecule has 1 aliphatic rings. The number of aryl methyl sites for hydroxylation is 2. The van der Waals surface area contributed by atoms with Crippen LogP contribution in [0.1, 0.15) is 30.2 Å². The molecule has 0 N–H and O–H groups in total. The topological polar surface area (TPSA) is 76.1 Å². The van der Waals surface area contributed by atoms with Crippen molar-refractivity contribution in [1.82, 2.24) is 29.9 Å². The van der Waals surface area contributed by atoms with E-state index in [1.165, 1.54) is 6.92 Å². The van der Waals surface area contributed by atoms with Crippen molar-refractivity contribution in [2.24, 2.45) is 7.05 Å². The number of anilines is 1. The van der Waals surface area contributed by atoms with Crippen LogP contribution >= 0.6 is 0 Å². The van der Waals surface area contributed by atoms with E-state index in [1.807, 2.05) is 49.3 Å². The number of oxazole rings is 1. The van der Waals surface area contributed by atoms with Crippen LogP contribution in [0.3, 0.4) is 0 Å². The standard InChI is InChI=1S/C24H26F3N7O/c1-15-29-19(22(35-15)24(25,26)27)14-32(2)16-9-12-34(13-10-16)23-18-7-5-4-6-17(18)21(30-31-23)20-8-11-28-33(20)3/h4-8,11,16H,9-10,12-14H2,1-3H3. The maximum absolute atomic E-state index is 13.3. The highest BCUT2D eigenvalue weighted by Crippen LogP contribution is 2.35. The van der Waals surface area contributed by atoms with Gasteiger partial charge in [0.1, 0.15) is 11.4 Å². The summed E-state index contributed by atoms with van der Waals surface area (Å²) in [5.74, 6) is -0.163. The van der Waals surface area contributed by atoms with Crippen LogP contribution in [0.15, 0.2) is 40.9 Å². The van der Waals surface area contributed by atoms with Gasteiger partial charge in [-0.15, -0.1) is 10.2 Å². The molecule has 3 aromatic heterocycles. The molecule has 5 rings (SSSR count). The summed E-state index contributed by atoms with van der Waals surface area (Å²) in [5, 5.41) is 15.4. The van der Waals surface area contributed by atoms with Crippen molar-refractivity contribution in [3.63, 3.8) is 0 Å². The molecular formula is C24H26F3N7O. The van der Waals surface area contributed by atoms with Crippen molar-refractivity contribution in [3.05, 3.63) is 53.9 Å². The molecule has 4 heterocycles. The van der Waals surface area contributed by atoms with Crippen LogP contribution in [0.5, 0.6) is 0 Å². The molecule has 0 aliphatic carbocycles. The molecule has 1 fully saturated rings. The van der Waals surface area contributed by atoms with Crippen LogP contribution in [-0.2, 0) is 19.8 Å². The summed E-state index contributed by atoms with van der Waals surface area (Å²) >= 11 is 0. The van der Waals surface area contributed by atoms with E-state index in [4.69, 9.17) is 4.42 Å². The van der Waals surface area contributed by atoms with Gasteiger partial charge in [-0.3, -0.25) is 9.58 Å². The molecule has 4 aromatic rings. The zero-order valence-electron chi connectivity index (χ0n) is 19.7. The monoisotopic (exact) mass is 485 g/mol. The molecule has 35 heavy (non-hydrogen) atoms. The maximum atomic E-state index is 13.3. The Balaban J connectivity index is 1.32. The van der Waals surface area contributed by atoms with Crippen molar-refractivity contribution < 1.29 is 17.6 Å². The van der Waals surface area contributed by atoms with Crippen molar-refractivity contribution in [2.75, 3.05) is 25.0 Å². The number of benzene rings is 1. The average molecular weight is 486 g/mol. The van der Waals surface area contributed by atoms with E-state index in [1.54, 1.807) is 10.9 Å². The molecule has 0 amide bonds. The normalized spacial score (nSPS) is 15.5.